The molecule has 0 N–H and O–H groups in total. The fourth-order valence-electron chi connectivity index (χ4n) is 5.46. The Kier molecular flexibility index (Phi) is 8.03. The summed E-state index contributed by atoms with van der Waals surface area (Å²) >= 11 is 1.50. The summed E-state index contributed by atoms with van der Waals surface area (Å²) < 4.78 is 10.7. The van der Waals surface area contributed by atoms with E-state index in [0.29, 0.717) is 23.2 Å². The number of hydrazone groups is 1. The van der Waals surface area contributed by atoms with Crippen LogP contribution in [-0.2, 0) is 0 Å². The van der Waals surface area contributed by atoms with Gasteiger partial charge < -0.3 is 9.47 Å². The molecule has 220 valence electrons. The van der Waals surface area contributed by atoms with Crippen molar-refractivity contribution in [1.82, 2.24) is 4.98 Å². The highest BCUT2D eigenvalue weighted by Crippen LogP contribution is 2.40. The SMILES string of the molecule is Br.COc1ccc(C2=NN(c3nc(-c4cccc(N5C(=O)c6ccccc6C5=O)c4)cs3)C(c3ccc(OC)cc3)C2)cc1. The summed E-state index contributed by atoms with van der Waals surface area (Å²) in [7, 11) is 3.31. The van der Waals surface area contributed by atoms with E-state index in [9.17, 15) is 9.59 Å². The second-order valence-corrected chi connectivity index (χ2v) is 11.0. The van der Waals surface area contributed by atoms with E-state index in [0.717, 1.165) is 44.7 Å². The molecule has 2 aliphatic rings. The third-order valence-electron chi connectivity index (χ3n) is 7.72. The molecule has 2 aliphatic heterocycles. The number of rotatable bonds is 7. The Morgan fingerprint density at radius 1 is 0.773 bits per heavy atom. The first-order valence-electron chi connectivity index (χ1n) is 13.7. The lowest BCUT2D eigenvalue weighted by Gasteiger charge is -2.21. The van der Waals surface area contributed by atoms with Crippen LogP contribution in [0.25, 0.3) is 11.3 Å². The second-order valence-electron chi connectivity index (χ2n) is 10.2. The lowest BCUT2D eigenvalue weighted by atomic mass is 9.98. The Labute approximate surface area is 269 Å². The number of halogens is 1. The topological polar surface area (TPSA) is 84.3 Å². The maximum absolute atomic E-state index is 13.1. The van der Waals surface area contributed by atoms with E-state index in [1.165, 1.54) is 16.2 Å². The van der Waals surface area contributed by atoms with Gasteiger partial charge in [-0.2, -0.15) is 5.10 Å². The summed E-state index contributed by atoms with van der Waals surface area (Å²) in [6.45, 7) is 0. The van der Waals surface area contributed by atoms with Gasteiger partial charge in [0.2, 0.25) is 5.13 Å². The van der Waals surface area contributed by atoms with Gasteiger partial charge in [0.15, 0.2) is 0 Å². The van der Waals surface area contributed by atoms with Crippen LogP contribution in [0.15, 0.2) is 108 Å². The fourth-order valence-corrected chi connectivity index (χ4v) is 6.29. The van der Waals surface area contributed by atoms with Crippen molar-refractivity contribution in [2.24, 2.45) is 5.10 Å². The van der Waals surface area contributed by atoms with E-state index in [4.69, 9.17) is 19.6 Å². The minimum Gasteiger partial charge on any atom is -0.497 e. The number of carbonyl (C=O) groups is 2. The minimum absolute atomic E-state index is 0. The second kappa shape index (κ2) is 12.1. The van der Waals surface area contributed by atoms with Crippen LogP contribution in [0.5, 0.6) is 11.5 Å². The third-order valence-corrected chi connectivity index (χ3v) is 8.55. The average Bonchev–Trinajstić information content (AvgIpc) is 3.78. The molecule has 0 saturated carbocycles. The number of hydrogen-bond acceptors (Lipinski definition) is 8. The van der Waals surface area contributed by atoms with Crippen molar-refractivity contribution in [1.29, 1.82) is 0 Å². The van der Waals surface area contributed by atoms with E-state index in [1.807, 2.05) is 65.0 Å². The van der Waals surface area contributed by atoms with Crippen LogP contribution >= 0.6 is 28.3 Å². The summed E-state index contributed by atoms with van der Waals surface area (Å²) in [4.78, 5) is 32.4. The number of carbonyl (C=O) groups excluding carboxylic acids is 2. The van der Waals surface area contributed by atoms with Crippen molar-refractivity contribution in [3.63, 3.8) is 0 Å². The number of ether oxygens (including phenoxy) is 2. The van der Waals surface area contributed by atoms with E-state index in [1.54, 1.807) is 44.6 Å². The van der Waals surface area contributed by atoms with Gasteiger partial charge in [0.05, 0.1) is 48.5 Å². The molecule has 2 amide bonds. The van der Waals surface area contributed by atoms with E-state index in [2.05, 4.69) is 12.1 Å². The number of amides is 2. The van der Waals surface area contributed by atoms with Gasteiger partial charge in [-0.3, -0.25) is 9.59 Å². The quantitative estimate of drug-likeness (QED) is 0.167. The highest BCUT2D eigenvalue weighted by Gasteiger charge is 2.36. The number of thiazole rings is 1. The Balaban J connectivity index is 0.00000343. The molecule has 7 rings (SSSR count). The maximum Gasteiger partial charge on any atom is 0.266 e. The van der Waals surface area contributed by atoms with E-state index in [-0.39, 0.29) is 34.8 Å². The molecule has 4 aromatic carbocycles. The molecule has 0 saturated heterocycles. The van der Waals surface area contributed by atoms with Crippen molar-refractivity contribution in [3.8, 4) is 22.8 Å². The average molecular weight is 668 g/mol. The fraction of sp³-hybridized carbons (Fsp3) is 0.118. The van der Waals surface area contributed by atoms with Gasteiger partial charge in [-0.15, -0.1) is 28.3 Å². The predicted octanol–water partition coefficient (Wildman–Crippen LogP) is 7.56. The molecular weight excluding hydrogens is 640 g/mol. The van der Waals surface area contributed by atoms with Crippen LogP contribution in [0.2, 0.25) is 0 Å². The van der Waals surface area contributed by atoms with Crippen LogP contribution in [0.1, 0.15) is 44.3 Å². The maximum atomic E-state index is 13.1. The van der Waals surface area contributed by atoms with Crippen LogP contribution in [0, 0.1) is 0 Å². The van der Waals surface area contributed by atoms with Gasteiger partial charge in [-0.1, -0.05) is 36.4 Å². The molecule has 1 atom stereocenters. The molecular formula is C34H27BrN4O4S. The highest BCUT2D eigenvalue weighted by atomic mass is 79.9. The lowest BCUT2D eigenvalue weighted by Crippen LogP contribution is -2.29. The molecule has 44 heavy (non-hydrogen) atoms. The molecule has 0 radical (unpaired) electrons. The summed E-state index contributed by atoms with van der Waals surface area (Å²) in [5.74, 6) is 0.936. The number of imide groups is 1. The van der Waals surface area contributed by atoms with Crippen molar-refractivity contribution in [2.75, 3.05) is 24.1 Å². The van der Waals surface area contributed by atoms with Crippen molar-refractivity contribution >= 4 is 56.7 Å². The molecule has 0 spiro atoms. The Bertz CT molecular complexity index is 1850. The molecule has 3 heterocycles. The Hall–Kier alpha value is -4.80. The number of anilines is 2. The zero-order chi connectivity index (χ0) is 29.5. The van der Waals surface area contributed by atoms with Gasteiger partial charge in [0.25, 0.3) is 11.8 Å². The third kappa shape index (κ3) is 5.16. The molecule has 8 nitrogen and oxygen atoms in total. The van der Waals surface area contributed by atoms with Gasteiger partial charge in [0, 0.05) is 17.4 Å². The first-order chi connectivity index (χ1) is 21.0. The highest BCUT2D eigenvalue weighted by molar-refractivity contribution is 8.93. The summed E-state index contributed by atoms with van der Waals surface area (Å²) in [6, 6.07) is 30.1. The monoisotopic (exact) mass is 666 g/mol. The van der Waals surface area contributed by atoms with Gasteiger partial charge in [0.1, 0.15) is 11.5 Å². The summed E-state index contributed by atoms with van der Waals surface area (Å²) in [5, 5.41) is 9.74. The molecule has 0 fully saturated rings. The van der Waals surface area contributed by atoms with Crippen LogP contribution < -0.4 is 19.4 Å². The largest absolute Gasteiger partial charge is 0.497 e. The first-order valence-corrected chi connectivity index (χ1v) is 14.6. The standard InChI is InChI=1S/C34H26N4O4S.BrH/c1-41-25-14-10-21(11-15-25)29-19-31(22-12-16-26(42-2)17-13-22)38(36-29)34-35-30(20-43-34)23-6-5-7-24(18-23)37-32(39)27-8-3-4-9-28(27)33(37)40;/h3-18,20,31H,19H2,1-2H3;1H. The van der Waals surface area contributed by atoms with Gasteiger partial charge in [-0.05, 0) is 71.8 Å². The molecule has 0 aliphatic carbocycles. The summed E-state index contributed by atoms with van der Waals surface area (Å²) in [6.07, 6.45) is 0.697. The van der Waals surface area contributed by atoms with Gasteiger partial charge >= 0.3 is 0 Å². The van der Waals surface area contributed by atoms with E-state index >= 15 is 0 Å². The molecule has 10 heteroatoms. The van der Waals surface area contributed by atoms with E-state index < -0.39 is 0 Å². The van der Waals surface area contributed by atoms with Crippen LogP contribution in [0.3, 0.4) is 0 Å². The number of hydrogen-bond donors (Lipinski definition) is 0. The first kappa shape index (κ1) is 29.3. The zero-order valence-corrected chi connectivity index (χ0v) is 26.4. The normalized spacial score (nSPS) is 15.6. The number of methoxy groups -OCH3 is 2. The smallest absolute Gasteiger partial charge is 0.266 e. The number of benzene rings is 4. The van der Waals surface area contributed by atoms with Gasteiger partial charge in [-0.25, -0.2) is 14.9 Å². The summed E-state index contributed by atoms with van der Waals surface area (Å²) in [5.41, 5.74) is 5.94. The molecule has 1 unspecified atom stereocenters. The lowest BCUT2D eigenvalue weighted by molar-refractivity contribution is 0.0926. The van der Waals surface area contributed by atoms with Crippen molar-refractivity contribution < 1.29 is 19.1 Å². The molecule has 1 aromatic heterocycles. The van der Waals surface area contributed by atoms with Crippen molar-refractivity contribution in [3.05, 3.63) is 125 Å². The molecule has 0 bridgehead atoms. The zero-order valence-electron chi connectivity index (χ0n) is 23.8. The Morgan fingerprint density at radius 2 is 1.41 bits per heavy atom. The minimum atomic E-state index is -0.323. The Morgan fingerprint density at radius 3 is 2.05 bits per heavy atom. The predicted molar refractivity (Wildman–Crippen MR) is 178 cm³/mol. The number of aromatic nitrogens is 1. The van der Waals surface area contributed by atoms with Crippen LogP contribution in [0.4, 0.5) is 10.8 Å². The number of fused-ring (bicyclic) bond motifs is 1. The van der Waals surface area contributed by atoms with Crippen LogP contribution in [-0.4, -0.2) is 36.7 Å². The molecule has 5 aromatic rings. The number of nitrogens with zero attached hydrogens (tertiary/aromatic N) is 4. The van der Waals surface area contributed by atoms with Crippen molar-refractivity contribution in [2.45, 2.75) is 12.5 Å².